The number of nitrogens with zero attached hydrogens (tertiary/aromatic N) is 4. The van der Waals surface area contributed by atoms with E-state index in [0.29, 0.717) is 5.25 Å². The van der Waals surface area contributed by atoms with Crippen LogP contribution < -0.4 is 0 Å². The Morgan fingerprint density at radius 2 is 2.20 bits per heavy atom. The molecule has 1 N–H and O–H groups in total. The zero-order chi connectivity index (χ0) is 14.9. The van der Waals surface area contributed by atoms with E-state index in [1.165, 1.54) is 11.8 Å². The molecule has 0 aromatic carbocycles. The van der Waals surface area contributed by atoms with Crippen molar-refractivity contribution >= 4 is 40.7 Å². The largest absolute Gasteiger partial charge is 0.481 e. The lowest BCUT2D eigenvalue weighted by Gasteiger charge is -2.13. The molecule has 1 atom stereocenters. The first kappa shape index (κ1) is 15.2. The average molecular weight is 314 g/mol. The second-order valence-corrected chi connectivity index (χ2v) is 6.83. The van der Waals surface area contributed by atoms with E-state index in [2.05, 4.69) is 27.8 Å². The van der Waals surface area contributed by atoms with Crippen LogP contribution in [0.3, 0.4) is 0 Å². The van der Waals surface area contributed by atoms with Crippen molar-refractivity contribution in [2.45, 2.75) is 30.8 Å². The lowest BCUT2D eigenvalue weighted by atomic mass is 10.4. The SMILES string of the molecule is CSC(C)Cn1c(SCC(=O)O)nc2c(C)nn(C)c21. The summed E-state index contributed by atoms with van der Waals surface area (Å²) in [6.07, 6.45) is 2.07. The van der Waals surface area contributed by atoms with Gasteiger partial charge in [0.05, 0.1) is 11.4 Å². The summed E-state index contributed by atoms with van der Waals surface area (Å²) in [6.45, 7) is 4.85. The number of aryl methyl sites for hydroxylation is 2. The van der Waals surface area contributed by atoms with Crippen molar-refractivity contribution in [3.05, 3.63) is 5.69 Å². The maximum Gasteiger partial charge on any atom is 0.313 e. The van der Waals surface area contributed by atoms with Crippen LogP contribution in [0.25, 0.3) is 11.2 Å². The molecule has 2 aromatic rings. The van der Waals surface area contributed by atoms with E-state index in [9.17, 15) is 4.79 Å². The van der Waals surface area contributed by atoms with E-state index in [0.717, 1.165) is 28.6 Å². The molecular formula is C12H18N4O2S2. The molecule has 2 heterocycles. The van der Waals surface area contributed by atoms with Gasteiger partial charge in [-0.3, -0.25) is 9.48 Å². The summed E-state index contributed by atoms with van der Waals surface area (Å²) in [7, 11) is 1.89. The van der Waals surface area contributed by atoms with Gasteiger partial charge in [0, 0.05) is 18.8 Å². The van der Waals surface area contributed by atoms with Crippen molar-refractivity contribution in [1.82, 2.24) is 19.3 Å². The predicted molar refractivity (Wildman–Crippen MR) is 82.6 cm³/mol. The third-order valence-electron chi connectivity index (χ3n) is 3.02. The van der Waals surface area contributed by atoms with Crippen molar-refractivity contribution in [3.63, 3.8) is 0 Å². The molecule has 0 aliphatic carbocycles. The number of hydrogen-bond donors (Lipinski definition) is 1. The Bertz CT molecular complexity index is 635. The molecule has 0 aliphatic rings. The van der Waals surface area contributed by atoms with Crippen molar-refractivity contribution in [3.8, 4) is 0 Å². The van der Waals surface area contributed by atoms with Gasteiger partial charge in [-0.25, -0.2) is 4.98 Å². The van der Waals surface area contributed by atoms with Crippen LogP contribution in [-0.2, 0) is 18.4 Å². The summed E-state index contributed by atoms with van der Waals surface area (Å²) < 4.78 is 3.89. The molecular weight excluding hydrogens is 296 g/mol. The second-order valence-electron chi connectivity index (χ2n) is 4.61. The average Bonchev–Trinajstić information content (AvgIpc) is 2.87. The van der Waals surface area contributed by atoms with Gasteiger partial charge in [-0.15, -0.1) is 0 Å². The maximum absolute atomic E-state index is 10.8. The molecule has 2 rings (SSSR count). The number of carbonyl (C=O) groups is 1. The van der Waals surface area contributed by atoms with Crippen LogP contribution in [0.1, 0.15) is 12.6 Å². The topological polar surface area (TPSA) is 72.9 Å². The molecule has 1 unspecified atom stereocenters. The highest BCUT2D eigenvalue weighted by Crippen LogP contribution is 2.27. The molecule has 0 fully saturated rings. The molecule has 0 bridgehead atoms. The van der Waals surface area contributed by atoms with Gasteiger partial charge >= 0.3 is 5.97 Å². The van der Waals surface area contributed by atoms with Gasteiger partial charge < -0.3 is 9.67 Å². The normalized spacial score (nSPS) is 13.0. The third kappa shape index (κ3) is 2.95. The molecule has 20 heavy (non-hydrogen) atoms. The van der Waals surface area contributed by atoms with Crippen molar-refractivity contribution in [1.29, 1.82) is 0 Å². The third-order valence-corrected chi connectivity index (χ3v) is 4.94. The Balaban J connectivity index is 2.46. The van der Waals surface area contributed by atoms with Crippen molar-refractivity contribution < 1.29 is 9.90 Å². The standard InChI is InChI=1S/C12H18N4O2S2/c1-7(19-4)5-16-11-10(8(2)14-15(11)3)13-12(16)20-6-9(17)18/h7H,5-6H2,1-4H3,(H,17,18). The fourth-order valence-corrected chi connectivity index (χ4v) is 3.07. The van der Waals surface area contributed by atoms with Crippen LogP contribution in [0.15, 0.2) is 5.16 Å². The van der Waals surface area contributed by atoms with E-state index in [1.807, 2.05) is 18.7 Å². The maximum atomic E-state index is 10.8. The summed E-state index contributed by atoms with van der Waals surface area (Å²) in [6, 6.07) is 0. The van der Waals surface area contributed by atoms with Crippen LogP contribution in [0.5, 0.6) is 0 Å². The van der Waals surface area contributed by atoms with Crippen LogP contribution in [-0.4, -0.2) is 47.7 Å². The second kappa shape index (κ2) is 6.09. The van der Waals surface area contributed by atoms with Gasteiger partial charge in [-0.2, -0.15) is 16.9 Å². The number of rotatable bonds is 6. The van der Waals surface area contributed by atoms with E-state index in [1.54, 1.807) is 11.8 Å². The van der Waals surface area contributed by atoms with Gasteiger partial charge in [-0.1, -0.05) is 18.7 Å². The highest BCUT2D eigenvalue weighted by Gasteiger charge is 2.19. The first-order valence-corrected chi connectivity index (χ1v) is 8.48. The number of carboxylic acid groups (broad SMARTS) is 1. The molecule has 2 aromatic heterocycles. The summed E-state index contributed by atoms with van der Waals surface area (Å²) in [4.78, 5) is 15.3. The molecule has 110 valence electrons. The monoisotopic (exact) mass is 314 g/mol. The van der Waals surface area contributed by atoms with Gasteiger partial charge in [0.25, 0.3) is 0 Å². The Hall–Kier alpha value is -1.15. The minimum Gasteiger partial charge on any atom is -0.481 e. The molecule has 0 aliphatic heterocycles. The Morgan fingerprint density at radius 1 is 1.50 bits per heavy atom. The number of aromatic nitrogens is 4. The van der Waals surface area contributed by atoms with Crippen LogP contribution in [0.4, 0.5) is 0 Å². The number of hydrogen-bond acceptors (Lipinski definition) is 5. The smallest absolute Gasteiger partial charge is 0.313 e. The number of thioether (sulfide) groups is 2. The van der Waals surface area contributed by atoms with Crippen LogP contribution in [0, 0.1) is 6.92 Å². The molecule has 0 amide bonds. The molecule has 8 heteroatoms. The molecule has 6 nitrogen and oxygen atoms in total. The summed E-state index contributed by atoms with van der Waals surface area (Å²) in [5, 5.41) is 14.4. The fraction of sp³-hybridized carbons (Fsp3) is 0.583. The van der Waals surface area contributed by atoms with Gasteiger partial charge in [-0.05, 0) is 13.2 Å². The highest BCUT2D eigenvalue weighted by atomic mass is 32.2. The minimum atomic E-state index is -0.832. The summed E-state index contributed by atoms with van der Waals surface area (Å²) in [5.74, 6) is -0.815. The van der Waals surface area contributed by atoms with E-state index in [4.69, 9.17) is 5.11 Å². The number of fused-ring (bicyclic) bond motifs is 1. The first-order valence-electron chi connectivity index (χ1n) is 6.21. The lowest BCUT2D eigenvalue weighted by molar-refractivity contribution is -0.133. The zero-order valence-corrected chi connectivity index (χ0v) is 13.6. The predicted octanol–water partition coefficient (Wildman–Crippen LogP) is 2.01. The lowest BCUT2D eigenvalue weighted by Crippen LogP contribution is -2.13. The van der Waals surface area contributed by atoms with E-state index >= 15 is 0 Å². The van der Waals surface area contributed by atoms with E-state index in [-0.39, 0.29) is 5.75 Å². The summed E-state index contributed by atoms with van der Waals surface area (Å²) >= 11 is 3.03. The fourth-order valence-electron chi connectivity index (χ4n) is 2.05. The number of aliphatic carboxylic acids is 1. The quantitative estimate of drug-likeness (QED) is 0.822. The first-order chi connectivity index (χ1) is 9.43. The van der Waals surface area contributed by atoms with Crippen LogP contribution in [0.2, 0.25) is 0 Å². The van der Waals surface area contributed by atoms with Crippen molar-refractivity contribution in [2.75, 3.05) is 12.0 Å². The Labute approximate surface area is 125 Å². The number of carboxylic acids is 1. The van der Waals surface area contributed by atoms with Gasteiger partial charge in [0.15, 0.2) is 10.8 Å². The zero-order valence-electron chi connectivity index (χ0n) is 12.0. The van der Waals surface area contributed by atoms with Crippen molar-refractivity contribution in [2.24, 2.45) is 7.05 Å². The Kier molecular flexibility index (Phi) is 4.64. The van der Waals surface area contributed by atoms with Crippen LogP contribution >= 0.6 is 23.5 Å². The molecule has 0 spiro atoms. The number of imidazole rings is 1. The highest BCUT2D eigenvalue weighted by molar-refractivity contribution is 7.99. The molecule has 0 saturated carbocycles. The van der Waals surface area contributed by atoms with E-state index < -0.39 is 5.97 Å². The Morgan fingerprint density at radius 3 is 2.80 bits per heavy atom. The molecule has 0 saturated heterocycles. The summed E-state index contributed by atoms with van der Waals surface area (Å²) in [5.41, 5.74) is 2.68. The van der Waals surface area contributed by atoms with Gasteiger partial charge in [0.1, 0.15) is 5.52 Å². The van der Waals surface area contributed by atoms with Gasteiger partial charge in [0.2, 0.25) is 0 Å². The molecule has 0 radical (unpaired) electrons. The minimum absolute atomic E-state index is 0.0173.